The highest BCUT2D eigenvalue weighted by Crippen LogP contribution is 2.33. The number of rotatable bonds is 5. The van der Waals surface area contributed by atoms with Crippen LogP contribution >= 0.6 is 0 Å². The summed E-state index contributed by atoms with van der Waals surface area (Å²) in [6.07, 6.45) is 0.375. The maximum absolute atomic E-state index is 11.9. The highest BCUT2D eigenvalue weighted by atomic mass is 16.4. The number of nitrogens with one attached hydrogen (secondary N) is 2. The fourth-order valence-corrected chi connectivity index (χ4v) is 2.23. The first-order valence-electron chi connectivity index (χ1n) is 6.73. The molecular weight excluding hydrogens is 256 g/mol. The summed E-state index contributed by atoms with van der Waals surface area (Å²) in [5.41, 5.74) is 1.29. The minimum Gasteiger partial charge on any atom is -0.481 e. The molecule has 0 saturated heterocycles. The fourth-order valence-electron chi connectivity index (χ4n) is 2.23. The summed E-state index contributed by atoms with van der Waals surface area (Å²) >= 11 is 0. The zero-order valence-corrected chi connectivity index (χ0v) is 11.8. The Morgan fingerprint density at radius 3 is 2.80 bits per heavy atom. The number of hydrogen-bond acceptors (Lipinski definition) is 3. The molecule has 1 amide bonds. The van der Waals surface area contributed by atoms with Crippen LogP contribution in [0.1, 0.15) is 31.7 Å². The van der Waals surface area contributed by atoms with E-state index in [2.05, 4.69) is 10.6 Å². The molecule has 0 aliphatic carbocycles. The van der Waals surface area contributed by atoms with Crippen molar-refractivity contribution in [1.82, 2.24) is 5.32 Å². The smallest absolute Gasteiger partial charge is 0.310 e. The number of fused-ring (bicyclic) bond motifs is 1. The molecule has 1 aliphatic rings. The number of hydrogen-bond donors (Lipinski definition) is 3. The van der Waals surface area contributed by atoms with Gasteiger partial charge in [-0.25, -0.2) is 0 Å². The van der Waals surface area contributed by atoms with Gasteiger partial charge in [-0.15, -0.1) is 0 Å². The van der Waals surface area contributed by atoms with E-state index < -0.39 is 11.4 Å². The van der Waals surface area contributed by atoms with Crippen molar-refractivity contribution >= 4 is 17.6 Å². The third-order valence-corrected chi connectivity index (χ3v) is 3.68. The molecule has 108 valence electrons. The number of benzene rings is 1. The zero-order valence-electron chi connectivity index (χ0n) is 11.8. The Balaban J connectivity index is 1.89. The average molecular weight is 276 g/mol. The molecule has 2 rings (SSSR count). The molecule has 0 radical (unpaired) electrons. The topological polar surface area (TPSA) is 78.4 Å². The molecule has 1 atom stereocenters. The standard InChI is InChI=1S/C15H20N2O3/c1-15(2,14(19)20)9-17-13(18)7-10-8-16-12-6-4-3-5-11(10)12/h3-6,10,16H,7-9H2,1-2H3,(H,17,18)(H,19,20). The Kier molecular flexibility index (Phi) is 3.97. The number of carboxylic acids is 1. The molecule has 20 heavy (non-hydrogen) atoms. The quantitative estimate of drug-likeness (QED) is 0.766. The summed E-state index contributed by atoms with van der Waals surface area (Å²) in [5.74, 6) is -0.868. The van der Waals surface area contributed by atoms with Crippen LogP contribution in [0.4, 0.5) is 5.69 Å². The van der Waals surface area contributed by atoms with Gasteiger partial charge in [-0.05, 0) is 25.5 Å². The van der Waals surface area contributed by atoms with Crippen LogP contribution in [0.3, 0.4) is 0 Å². The third kappa shape index (κ3) is 3.10. The zero-order chi connectivity index (χ0) is 14.8. The number of carbonyl (C=O) groups is 2. The lowest BCUT2D eigenvalue weighted by Gasteiger charge is -2.20. The van der Waals surface area contributed by atoms with Crippen molar-refractivity contribution in [3.63, 3.8) is 0 Å². The molecule has 0 aromatic heterocycles. The minimum atomic E-state index is -0.943. The Morgan fingerprint density at radius 2 is 2.10 bits per heavy atom. The van der Waals surface area contributed by atoms with E-state index in [0.29, 0.717) is 6.42 Å². The SMILES string of the molecule is CC(C)(CNC(=O)CC1CNc2ccccc21)C(=O)O. The number of para-hydroxylation sites is 1. The third-order valence-electron chi connectivity index (χ3n) is 3.68. The first-order chi connectivity index (χ1) is 9.40. The summed E-state index contributed by atoms with van der Waals surface area (Å²) < 4.78 is 0. The van der Waals surface area contributed by atoms with Gasteiger partial charge < -0.3 is 15.7 Å². The van der Waals surface area contributed by atoms with Crippen molar-refractivity contribution in [2.45, 2.75) is 26.2 Å². The van der Waals surface area contributed by atoms with Gasteiger partial charge >= 0.3 is 5.97 Å². The molecule has 0 bridgehead atoms. The summed E-state index contributed by atoms with van der Waals surface area (Å²) in [6.45, 7) is 4.09. The maximum atomic E-state index is 11.9. The molecule has 1 heterocycles. The molecular formula is C15H20N2O3. The Morgan fingerprint density at radius 1 is 1.40 bits per heavy atom. The maximum Gasteiger partial charge on any atom is 0.310 e. The predicted molar refractivity (Wildman–Crippen MR) is 76.7 cm³/mol. The number of aliphatic carboxylic acids is 1. The summed E-state index contributed by atoms with van der Waals surface area (Å²) in [4.78, 5) is 22.9. The van der Waals surface area contributed by atoms with Crippen LogP contribution in [0.2, 0.25) is 0 Å². The van der Waals surface area contributed by atoms with Crippen molar-refractivity contribution in [3.8, 4) is 0 Å². The van der Waals surface area contributed by atoms with Gasteiger partial charge in [0.25, 0.3) is 0 Å². The minimum absolute atomic E-state index is 0.108. The van der Waals surface area contributed by atoms with Gasteiger partial charge in [-0.1, -0.05) is 18.2 Å². The van der Waals surface area contributed by atoms with E-state index in [0.717, 1.165) is 17.8 Å². The number of carboxylic acid groups (broad SMARTS) is 1. The summed E-state index contributed by atoms with van der Waals surface area (Å²) in [7, 11) is 0. The van der Waals surface area contributed by atoms with Gasteiger partial charge in [0.05, 0.1) is 5.41 Å². The molecule has 0 spiro atoms. The largest absolute Gasteiger partial charge is 0.481 e. The first-order valence-corrected chi connectivity index (χ1v) is 6.73. The van der Waals surface area contributed by atoms with E-state index >= 15 is 0 Å². The van der Waals surface area contributed by atoms with Gasteiger partial charge in [0.2, 0.25) is 5.91 Å². The van der Waals surface area contributed by atoms with Gasteiger partial charge in [-0.3, -0.25) is 9.59 Å². The molecule has 0 fully saturated rings. The normalized spacial score (nSPS) is 17.2. The Labute approximate surface area is 118 Å². The van der Waals surface area contributed by atoms with Crippen LogP contribution in [0.25, 0.3) is 0 Å². The van der Waals surface area contributed by atoms with Gasteiger partial charge in [0.1, 0.15) is 0 Å². The summed E-state index contributed by atoms with van der Waals surface area (Å²) in [6, 6.07) is 7.95. The van der Waals surface area contributed by atoms with Crippen molar-refractivity contribution in [3.05, 3.63) is 29.8 Å². The Hall–Kier alpha value is -2.04. The van der Waals surface area contributed by atoms with Crippen molar-refractivity contribution in [1.29, 1.82) is 0 Å². The van der Waals surface area contributed by atoms with E-state index in [1.165, 1.54) is 0 Å². The average Bonchev–Trinajstić information content (AvgIpc) is 2.80. The molecule has 3 N–H and O–H groups in total. The second kappa shape index (κ2) is 5.53. The molecule has 1 aromatic rings. The lowest BCUT2D eigenvalue weighted by atomic mass is 9.93. The predicted octanol–water partition coefficient (Wildman–Crippen LogP) is 1.81. The van der Waals surface area contributed by atoms with Crippen LogP contribution in [-0.2, 0) is 9.59 Å². The molecule has 1 unspecified atom stereocenters. The lowest BCUT2D eigenvalue weighted by Crippen LogP contribution is -2.39. The van der Waals surface area contributed by atoms with Gasteiger partial charge in [0.15, 0.2) is 0 Å². The van der Waals surface area contributed by atoms with Crippen molar-refractivity contribution < 1.29 is 14.7 Å². The number of amides is 1. The molecule has 0 saturated carbocycles. The van der Waals surface area contributed by atoms with Crippen LogP contribution in [-0.4, -0.2) is 30.1 Å². The second-order valence-corrected chi connectivity index (χ2v) is 5.83. The number of carbonyl (C=O) groups excluding carboxylic acids is 1. The molecule has 1 aromatic carbocycles. The molecule has 1 aliphatic heterocycles. The van der Waals surface area contributed by atoms with E-state index in [1.54, 1.807) is 13.8 Å². The van der Waals surface area contributed by atoms with Crippen molar-refractivity contribution in [2.75, 3.05) is 18.4 Å². The lowest BCUT2D eigenvalue weighted by molar-refractivity contribution is -0.146. The van der Waals surface area contributed by atoms with Gasteiger partial charge in [-0.2, -0.15) is 0 Å². The fraction of sp³-hybridized carbons (Fsp3) is 0.467. The monoisotopic (exact) mass is 276 g/mol. The van der Waals surface area contributed by atoms with E-state index in [4.69, 9.17) is 5.11 Å². The van der Waals surface area contributed by atoms with Crippen LogP contribution in [0, 0.1) is 5.41 Å². The van der Waals surface area contributed by atoms with E-state index in [-0.39, 0.29) is 18.4 Å². The highest BCUT2D eigenvalue weighted by molar-refractivity contribution is 5.80. The summed E-state index contributed by atoms with van der Waals surface area (Å²) in [5, 5.41) is 15.0. The van der Waals surface area contributed by atoms with Gasteiger partial charge in [0, 0.05) is 31.1 Å². The first kappa shape index (κ1) is 14.4. The van der Waals surface area contributed by atoms with Crippen LogP contribution < -0.4 is 10.6 Å². The highest BCUT2D eigenvalue weighted by Gasteiger charge is 2.29. The number of anilines is 1. The van der Waals surface area contributed by atoms with Crippen LogP contribution in [0.5, 0.6) is 0 Å². The van der Waals surface area contributed by atoms with Crippen molar-refractivity contribution in [2.24, 2.45) is 5.41 Å². The molecule has 5 heteroatoms. The molecule has 5 nitrogen and oxygen atoms in total. The second-order valence-electron chi connectivity index (χ2n) is 5.83. The van der Waals surface area contributed by atoms with Crippen LogP contribution in [0.15, 0.2) is 24.3 Å². The Bertz CT molecular complexity index is 526. The van der Waals surface area contributed by atoms with E-state index in [9.17, 15) is 9.59 Å². The van der Waals surface area contributed by atoms with E-state index in [1.807, 2.05) is 24.3 Å².